The molecule has 0 rings (SSSR count). The molecular weight excluding hydrogens is 258 g/mol. The molecule has 0 fully saturated rings. The molecule has 0 spiro atoms. The van der Waals surface area contributed by atoms with Gasteiger partial charge in [0.15, 0.2) is 0 Å². The van der Waals surface area contributed by atoms with Crippen LogP contribution >= 0.6 is 11.8 Å². The molecular formula is C15H31NO2S. The molecule has 19 heavy (non-hydrogen) atoms. The van der Waals surface area contributed by atoms with Crippen LogP contribution in [0.4, 0.5) is 0 Å². The molecule has 0 aliphatic heterocycles. The van der Waals surface area contributed by atoms with Crippen LogP contribution in [-0.4, -0.2) is 35.7 Å². The predicted octanol–water partition coefficient (Wildman–Crippen LogP) is 3.48. The Balaban J connectivity index is 4.01. The number of esters is 1. The maximum atomic E-state index is 11.6. The second-order valence-electron chi connectivity index (χ2n) is 6.05. The van der Waals surface area contributed by atoms with Gasteiger partial charge in [-0.15, -0.1) is 11.8 Å². The molecule has 0 bridgehead atoms. The van der Waals surface area contributed by atoms with Crippen LogP contribution in [0.15, 0.2) is 0 Å². The number of rotatable bonds is 9. The Morgan fingerprint density at radius 2 is 1.95 bits per heavy atom. The maximum Gasteiger partial charge on any atom is 0.316 e. The molecule has 4 heteroatoms. The number of ether oxygens (including phenoxy) is 1. The normalized spacial score (nSPS) is 15.1. The number of carbonyl (C=O) groups excluding carboxylic acids is 1. The van der Waals surface area contributed by atoms with E-state index in [4.69, 9.17) is 4.74 Å². The Hall–Kier alpha value is -0.220. The standard InChI is InChI=1S/C15H31NO2S/c1-7-9-16-13(12(3)8-2)10-19-11-14(17)18-15(4,5)6/h12-13,16H,7-11H2,1-6H3. The maximum absolute atomic E-state index is 11.6. The zero-order valence-electron chi connectivity index (χ0n) is 13.4. The molecule has 0 saturated heterocycles. The quantitative estimate of drug-likeness (QED) is 0.660. The van der Waals surface area contributed by atoms with Gasteiger partial charge >= 0.3 is 5.97 Å². The van der Waals surface area contributed by atoms with Gasteiger partial charge in [0.2, 0.25) is 0 Å². The molecule has 114 valence electrons. The van der Waals surface area contributed by atoms with Crippen molar-refractivity contribution in [1.82, 2.24) is 5.32 Å². The lowest BCUT2D eigenvalue weighted by atomic mass is 10.0. The summed E-state index contributed by atoms with van der Waals surface area (Å²) in [4.78, 5) is 11.6. The smallest absolute Gasteiger partial charge is 0.316 e. The summed E-state index contributed by atoms with van der Waals surface area (Å²) in [5.41, 5.74) is -0.381. The second kappa shape index (κ2) is 9.65. The van der Waals surface area contributed by atoms with E-state index < -0.39 is 0 Å². The fraction of sp³-hybridized carbons (Fsp3) is 0.933. The first kappa shape index (κ1) is 18.8. The van der Waals surface area contributed by atoms with Gasteiger partial charge in [-0.2, -0.15) is 0 Å². The van der Waals surface area contributed by atoms with Crippen molar-refractivity contribution in [2.45, 2.75) is 66.0 Å². The van der Waals surface area contributed by atoms with Gasteiger partial charge in [-0.05, 0) is 39.7 Å². The lowest BCUT2D eigenvalue weighted by molar-refractivity contribution is -0.151. The van der Waals surface area contributed by atoms with Crippen LogP contribution in [0, 0.1) is 5.92 Å². The number of hydrogen-bond donors (Lipinski definition) is 1. The van der Waals surface area contributed by atoms with Gasteiger partial charge in [0.05, 0.1) is 5.75 Å². The first-order valence-electron chi connectivity index (χ1n) is 7.33. The zero-order valence-corrected chi connectivity index (χ0v) is 14.2. The summed E-state index contributed by atoms with van der Waals surface area (Å²) < 4.78 is 5.31. The first-order valence-corrected chi connectivity index (χ1v) is 8.48. The Bertz CT molecular complexity index is 251. The highest BCUT2D eigenvalue weighted by atomic mass is 32.2. The predicted molar refractivity (Wildman–Crippen MR) is 84.7 cm³/mol. The summed E-state index contributed by atoms with van der Waals surface area (Å²) in [5, 5.41) is 3.57. The minimum absolute atomic E-state index is 0.115. The Labute approximate surface area is 123 Å². The van der Waals surface area contributed by atoms with E-state index in [9.17, 15) is 4.79 Å². The lowest BCUT2D eigenvalue weighted by Gasteiger charge is -2.24. The zero-order chi connectivity index (χ0) is 14.9. The Morgan fingerprint density at radius 3 is 2.42 bits per heavy atom. The van der Waals surface area contributed by atoms with Crippen LogP contribution in [0.5, 0.6) is 0 Å². The van der Waals surface area contributed by atoms with E-state index in [2.05, 4.69) is 26.1 Å². The average Bonchev–Trinajstić information content (AvgIpc) is 2.30. The molecule has 2 atom stereocenters. The van der Waals surface area contributed by atoms with Gasteiger partial charge in [-0.25, -0.2) is 0 Å². The van der Waals surface area contributed by atoms with Crippen molar-refractivity contribution >= 4 is 17.7 Å². The topological polar surface area (TPSA) is 38.3 Å². The summed E-state index contributed by atoms with van der Waals surface area (Å²) in [5.74, 6) is 1.93. The SMILES string of the molecule is CCCNC(CSCC(=O)OC(C)(C)C)C(C)CC. The molecule has 0 aliphatic carbocycles. The number of thioether (sulfide) groups is 1. The highest BCUT2D eigenvalue weighted by molar-refractivity contribution is 7.99. The molecule has 0 saturated carbocycles. The molecule has 0 aromatic heterocycles. The number of carbonyl (C=O) groups is 1. The van der Waals surface area contributed by atoms with E-state index in [1.807, 2.05) is 20.8 Å². The van der Waals surface area contributed by atoms with Crippen molar-refractivity contribution in [1.29, 1.82) is 0 Å². The molecule has 1 N–H and O–H groups in total. The van der Waals surface area contributed by atoms with Crippen LogP contribution < -0.4 is 5.32 Å². The van der Waals surface area contributed by atoms with E-state index in [-0.39, 0.29) is 11.6 Å². The third kappa shape index (κ3) is 10.3. The molecule has 0 heterocycles. The molecule has 3 nitrogen and oxygen atoms in total. The second-order valence-corrected chi connectivity index (χ2v) is 7.08. The number of hydrogen-bond acceptors (Lipinski definition) is 4. The highest BCUT2D eigenvalue weighted by Crippen LogP contribution is 2.15. The van der Waals surface area contributed by atoms with E-state index in [1.54, 1.807) is 11.8 Å². The van der Waals surface area contributed by atoms with Crippen molar-refractivity contribution in [3.05, 3.63) is 0 Å². The largest absolute Gasteiger partial charge is 0.459 e. The first-order chi connectivity index (χ1) is 8.80. The minimum Gasteiger partial charge on any atom is -0.459 e. The van der Waals surface area contributed by atoms with Crippen LogP contribution in [0.2, 0.25) is 0 Å². The van der Waals surface area contributed by atoms with E-state index >= 15 is 0 Å². The van der Waals surface area contributed by atoms with Crippen molar-refractivity contribution in [3.8, 4) is 0 Å². The van der Waals surface area contributed by atoms with Gasteiger partial charge in [0.1, 0.15) is 5.60 Å². The molecule has 0 aromatic rings. The molecule has 0 aliphatic rings. The average molecular weight is 289 g/mol. The van der Waals surface area contributed by atoms with Crippen LogP contribution in [0.1, 0.15) is 54.4 Å². The molecule has 0 aromatic carbocycles. The van der Waals surface area contributed by atoms with Gasteiger partial charge in [-0.1, -0.05) is 27.2 Å². The summed E-state index contributed by atoms with van der Waals surface area (Å²) in [6.45, 7) is 13.4. The molecule has 0 amide bonds. The number of nitrogens with one attached hydrogen (secondary N) is 1. The van der Waals surface area contributed by atoms with Crippen LogP contribution in [0.25, 0.3) is 0 Å². The Kier molecular flexibility index (Phi) is 9.54. The lowest BCUT2D eigenvalue weighted by Crippen LogP contribution is -2.37. The summed E-state index contributed by atoms with van der Waals surface area (Å²) in [6, 6.07) is 0.484. The Morgan fingerprint density at radius 1 is 1.32 bits per heavy atom. The summed E-state index contributed by atoms with van der Waals surface area (Å²) in [7, 11) is 0. The van der Waals surface area contributed by atoms with Crippen molar-refractivity contribution < 1.29 is 9.53 Å². The summed E-state index contributed by atoms with van der Waals surface area (Å²) in [6.07, 6.45) is 2.30. The highest BCUT2D eigenvalue weighted by Gasteiger charge is 2.18. The van der Waals surface area contributed by atoms with Crippen LogP contribution in [-0.2, 0) is 9.53 Å². The van der Waals surface area contributed by atoms with Gasteiger partial charge in [-0.3, -0.25) is 4.79 Å². The van der Waals surface area contributed by atoms with E-state index in [0.29, 0.717) is 17.7 Å². The van der Waals surface area contributed by atoms with Gasteiger partial charge in [0, 0.05) is 11.8 Å². The van der Waals surface area contributed by atoms with Gasteiger partial charge < -0.3 is 10.1 Å². The fourth-order valence-electron chi connectivity index (χ4n) is 1.68. The van der Waals surface area contributed by atoms with E-state index in [0.717, 1.165) is 25.1 Å². The third-order valence-electron chi connectivity index (χ3n) is 2.92. The minimum atomic E-state index is -0.381. The third-order valence-corrected chi connectivity index (χ3v) is 3.96. The molecule has 0 radical (unpaired) electrons. The van der Waals surface area contributed by atoms with Crippen molar-refractivity contribution in [2.75, 3.05) is 18.1 Å². The van der Waals surface area contributed by atoms with Crippen molar-refractivity contribution in [3.63, 3.8) is 0 Å². The summed E-state index contributed by atoms with van der Waals surface area (Å²) >= 11 is 1.67. The fourth-order valence-corrected chi connectivity index (χ4v) is 2.72. The monoisotopic (exact) mass is 289 g/mol. The van der Waals surface area contributed by atoms with Gasteiger partial charge in [0.25, 0.3) is 0 Å². The van der Waals surface area contributed by atoms with Crippen LogP contribution in [0.3, 0.4) is 0 Å². The van der Waals surface area contributed by atoms with Crippen molar-refractivity contribution in [2.24, 2.45) is 5.92 Å². The molecule has 2 unspecified atom stereocenters. The van der Waals surface area contributed by atoms with E-state index in [1.165, 1.54) is 0 Å².